The highest BCUT2D eigenvalue weighted by molar-refractivity contribution is 5.49. The topological polar surface area (TPSA) is 128 Å². The van der Waals surface area contributed by atoms with E-state index in [0.29, 0.717) is 23.0 Å². The van der Waals surface area contributed by atoms with Crippen LogP contribution in [0.1, 0.15) is 24.1 Å². The first-order chi connectivity index (χ1) is 12.7. The summed E-state index contributed by atoms with van der Waals surface area (Å²) >= 11 is 0. The van der Waals surface area contributed by atoms with Crippen molar-refractivity contribution in [2.45, 2.75) is 12.5 Å². The molecule has 10 nitrogen and oxygen atoms in total. The third-order valence-corrected chi connectivity index (χ3v) is 4.03. The van der Waals surface area contributed by atoms with Gasteiger partial charge in [-0.2, -0.15) is 0 Å². The Kier molecular flexibility index (Phi) is 3.14. The third-order valence-electron chi connectivity index (χ3n) is 4.03. The summed E-state index contributed by atoms with van der Waals surface area (Å²) in [7, 11) is 0. The Balaban J connectivity index is 1.59. The van der Waals surface area contributed by atoms with Gasteiger partial charge in [-0.3, -0.25) is 9.97 Å². The Labute approximate surface area is 146 Å². The maximum absolute atomic E-state index is 10.6. The Hall–Kier alpha value is -3.50. The van der Waals surface area contributed by atoms with Crippen molar-refractivity contribution < 1.29 is 10.2 Å². The van der Waals surface area contributed by atoms with Crippen molar-refractivity contribution in [2.75, 3.05) is 0 Å². The van der Waals surface area contributed by atoms with Crippen molar-refractivity contribution in [3.63, 3.8) is 0 Å². The summed E-state index contributed by atoms with van der Waals surface area (Å²) in [6, 6.07) is 10.7. The molecule has 10 heteroatoms. The lowest BCUT2D eigenvalue weighted by Crippen LogP contribution is -2.30. The normalized spacial score (nSPS) is 18.4. The highest BCUT2D eigenvalue weighted by Crippen LogP contribution is 2.30. The van der Waals surface area contributed by atoms with Crippen LogP contribution in [0.15, 0.2) is 48.8 Å². The third kappa shape index (κ3) is 2.13. The molecular formula is C16H12N8O2. The first-order valence-electron chi connectivity index (χ1n) is 7.84. The van der Waals surface area contributed by atoms with Crippen LogP contribution in [0.25, 0.3) is 23.0 Å². The molecule has 0 bridgehead atoms. The predicted octanol–water partition coefficient (Wildman–Crippen LogP) is 0.385. The number of fused-ring (bicyclic) bond motifs is 2. The zero-order valence-corrected chi connectivity index (χ0v) is 13.2. The minimum atomic E-state index is -1.23. The number of aliphatic hydroxyl groups excluding tert-OH is 2. The molecule has 5 rings (SSSR count). The van der Waals surface area contributed by atoms with E-state index in [1.807, 2.05) is 0 Å². The van der Waals surface area contributed by atoms with Crippen molar-refractivity contribution in [1.29, 1.82) is 0 Å². The van der Waals surface area contributed by atoms with Gasteiger partial charge in [-0.05, 0) is 24.3 Å². The Morgan fingerprint density at radius 2 is 1.15 bits per heavy atom. The van der Waals surface area contributed by atoms with E-state index in [9.17, 15) is 10.2 Å². The minimum Gasteiger partial charge on any atom is -0.365 e. The van der Waals surface area contributed by atoms with Crippen LogP contribution in [-0.2, 0) is 0 Å². The highest BCUT2D eigenvalue weighted by atomic mass is 16.3. The lowest BCUT2D eigenvalue weighted by molar-refractivity contribution is 0.0363. The maximum atomic E-state index is 10.6. The van der Waals surface area contributed by atoms with E-state index < -0.39 is 12.5 Å². The van der Waals surface area contributed by atoms with Gasteiger partial charge in [0.2, 0.25) is 12.5 Å². The van der Waals surface area contributed by atoms with Crippen molar-refractivity contribution >= 4 is 0 Å². The van der Waals surface area contributed by atoms with Crippen LogP contribution in [0.2, 0.25) is 0 Å². The van der Waals surface area contributed by atoms with Crippen molar-refractivity contribution in [3.8, 4) is 23.0 Å². The number of hydrogen-bond donors (Lipinski definition) is 2. The molecule has 1 aliphatic heterocycles. The van der Waals surface area contributed by atoms with Crippen LogP contribution in [0.5, 0.6) is 0 Å². The number of rotatable bonds is 2. The van der Waals surface area contributed by atoms with Gasteiger partial charge in [-0.1, -0.05) is 12.1 Å². The summed E-state index contributed by atoms with van der Waals surface area (Å²) in [5, 5.41) is 29.8. The molecule has 26 heavy (non-hydrogen) atoms. The predicted molar refractivity (Wildman–Crippen MR) is 87.2 cm³/mol. The quantitative estimate of drug-likeness (QED) is 0.532. The molecule has 0 saturated carbocycles. The highest BCUT2D eigenvalue weighted by Gasteiger charge is 2.36. The summed E-state index contributed by atoms with van der Waals surface area (Å²) in [5.74, 6) is 0.912. The van der Waals surface area contributed by atoms with Gasteiger partial charge in [0, 0.05) is 12.4 Å². The van der Waals surface area contributed by atoms with Crippen LogP contribution in [0, 0.1) is 0 Å². The van der Waals surface area contributed by atoms with E-state index in [1.54, 1.807) is 48.8 Å². The molecule has 0 spiro atoms. The first kappa shape index (κ1) is 14.8. The maximum Gasteiger partial charge on any atom is 0.210 e. The molecule has 0 aromatic carbocycles. The van der Waals surface area contributed by atoms with Crippen LogP contribution in [0.4, 0.5) is 0 Å². The molecule has 0 aliphatic carbocycles. The molecule has 2 unspecified atom stereocenters. The molecular weight excluding hydrogens is 336 g/mol. The number of hydrogen-bond acceptors (Lipinski definition) is 8. The van der Waals surface area contributed by atoms with E-state index >= 15 is 0 Å². The summed E-state index contributed by atoms with van der Waals surface area (Å²) in [4.78, 5) is 17.0. The molecule has 128 valence electrons. The Morgan fingerprint density at radius 3 is 1.54 bits per heavy atom. The van der Waals surface area contributed by atoms with Crippen molar-refractivity contribution in [2.24, 2.45) is 0 Å². The molecule has 0 saturated heterocycles. The molecule has 0 radical (unpaired) electrons. The molecule has 0 amide bonds. The fourth-order valence-electron chi connectivity index (χ4n) is 2.81. The second kappa shape index (κ2) is 5.51. The SMILES string of the molecule is OC1c2nc(-c3ccccn3)nn2C(O)c2nc(-c3ccccn3)nn21. The van der Waals surface area contributed by atoms with E-state index in [0.717, 1.165) is 0 Å². The first-order valence-corrected chi connectivity index (χ1v) is 7.84. The van der Waals surface area contributed by atoms with Crippen LogP contribution in [-0.4, -0.2) is 49.7 Å². The molecule has 2 N–H and O–H groups in total. The number of pyridine rings is 2. The largest absolute Gasteiger partial charge is 0.365 e. The smallest absolute Gasteiger partial charge is 0.210 e. The summed E-state index contributed by atoms with van der Waals surface area (Å²) in [6.07, 6.45) is 0.772. The molecule has 4 aromatic rings. The number of aromatic nitrogens is 8. The van der Waals surface area contributed by atoms with Gasteiger partial charge in [0.1, 0.15) is 11.4 Å². The second-order valence-corrected chi connectivity index (χ2v) is 5.65. The number of aliphatic hydroxyl groups is 2. The fourth-order valence-corrected chi connectivity index (χ4v) is 2.81. The lowest BCUT2D eigenvalue weighted by Gasteiger charge is -2.22. The second-order valence-electron chi connectivity index (χ2n) is 5.65. The fraction of sp³-hybridized carbons (Fsp3) is 0.125. The van der Waals surface area contributed by atoms with Gasteiger partial charge in [0.25, 0.3) is 0 Å². The van der Waals surface area contributed by atoms with Crippen molar-refractivity contribution in [3.05, 3.63) is 60.4 Å². The van der Waals surface area contributed by atoms with Gasteiger partial charge in [0.15, 0.2) is 23.3 Å². The van der Waals surface area contributed by atoms with Gasteiger partial charge in [-0.15, -0.1) is 10.2 Å². The monoisotopic (exact) mass is 348 g/mol. The minimum absolute atomic E-state index is 0.156. The average Bonchev–Trinajstić information content (AvgIpc) is 3.33. The van der Waals surface area contributed by atoms with Crippen LogP contribution < -0.4 is 0 Å². The van der Waals surface area contributed by atoms with Gasteiger partial charge >= 0.3 is 0 Å². The van der Waals surface area contributed by atoms with E-state index in [-0.39, 0.29) is 11.6 Å². The number of nitrogens with zero attached hydrogens (tertiary/aromatic N) is 8. The summed E-state index contributed by atoms with van der Waals surface area (Å²) in [6.45, 7) is 0. The summed E-state index contributed by atoms with van der Waals surface area (Å²) in [5.41, 5.74) is 1.07. The van der Waals surface area contributed by atoms with Gasteiger partial charge in [-0.25, -0.2) is 19.3 Å². The van der Waals surface area contributed by atoms with Crippen molar-refractivity contribution in [1.82, 2.24) is 39.5 Å². The Morgan fingerprint density at radius 1 is 0.692 bits per heavy atom. The standard InChI is InChI=1S/C16H12N8O2/c25-15-13-19-11(9-5-1-3-7-17-9)21-23(13)16(26)14-20-12(22-24(14)15)10-6-2-4-8-18-10/h1-8,15-16,25-26H. The Bertz CT molecular complexity index is 946. The van der Waals surface area contributed by atoms with E-state index in [4.69, 9.17) is 0 Å². The van der Waals surface area contributed by atoms with E-state index in [2.05, 4.69) is 30.1 Å². The molecule has 0 fully saturated rings. The lowest BCUT2D eigenvalue weighted by atomic mass is 10.3. The summed E-state index contributed by atoms with van der Waals surface area (Å²) < 4.78 is 2.45. The molecule has 5 heterocycles. The molecule has 4 aromatic heterocycles. The van der Waals surface area contributed by atoms with Crippen LogP contribution >= 0.6 is 0 Å². The molecule has 2 atom stereocenters. The molecule has 1 aliphatic rings. The van der Waals surface area contributed by atoms with E-state index in [1.165, 1.54) is 9.36 Å². The zero-order chi connectivity index (χ0) is 17.7. The van der Waals surface area contributed by atoms with Gasteiger partial charge in [0.05, 0.1) is 0 Å². The van der Waals surface area contributed by atoms with Gasteiger partial charge < -0.3 is 10.2 Å². The zero-order valence-electron chi connectivity index (χ0n) is 13.2. The van der Waals surface area contributed by atoms with Crippen LogP contribution in [0.3, 0.4) is 0 Å². The average molecular weight is 348 g/mol.